The van der Waals surface area contributed by atoms with E-state index in [0.29, 0.717) is 12.2 Å². The number of aryl methyl sites for hydroxylation is 1. The van der Waals surface area contributed by atoms with E-state index in [9.17, 15) is 5.11 Å². The van der Waals surface area contributed by atoms with Crippen molar-refractivity contribution >= 4 is 0 Å². The van der Waals surface area contributed by atoms with Crippen molar-refractivity contribution in [3.63, 3.8) is 0 Å². The van der Waals surface area contributed by atoms with Crippen LogP contribution in [0, 0.1) is 6.92 Å². The Labute approximate surface area is 94.8 Å². The van der Waals surface area contributed by atoms with E-state index in [-0.39, 0.29) is 5.75 Å². The van der Waals surface area contributed by atoms with Gasteiger partial charge in [0.1, 0.15) is 11.5 Å². The molecule has 1 N–H and O–H groups in total. The van der Waals surface area contributed by atoms with Crippen LogP contribution in [-0.2, 0) is 15.9 Å². The molecule has 88 valence electrons. The zero-order valence-electron chi connectivity index (χ0n) is 9.74. The average molecular weight is 224 g/mol. The third kappa shape index (κ3) is 1.64. The predicted molar refractivity (Wildman–Crippen MR) is 58.5 cm³/mol. The highest BCUT2D eigenvalue weighted by atomic mass is 16.9. The molecule has 0 aromatic heterocycles. The SMILES string of the molecule is COC1(OC)CCc2ccc(O)c(C)c2O1. The summed E-state index contributed by atoms with van der Waals surface area (Å²) in [7, 11) is 3.10. The minimum atomic E-state index is -1.02. The number of aromatic hydroxyl groups is 1. The van der Waals surface area contributed by atoms with E-state index in [1.807, 2.05) is 13.0 Å². The van der Waals surface area contributed by atoms with Crippen molar-refractivity contribution in [2.75, 3.05) is 14.2 Å². The predicted octanol–water partition coefficient (Wildman–Crippen LogP) is 1.97. The second-order valence-electron chi connectivity index (χ2n) is 3.89. The highest BCUT2D eigenvalue weighted by molar-refractivity contribution is 5.49. The van der Waals surface area contributed by atoms with Gasteiger partial charge in [-0.15, -0.1) is 0 Å². The van der Waals surface area contributed by atoms with Crippen LogP contribution >= 0.6 is 0 Å². The third-order valence-electron chi connectivity index (χ3n) is 3.04. The van der Waals surface area contributed by atoms with Gasteiger partial charge in [0.25, 0.3) is 0 Å². The summed E-state index contributed by atoms with van der Waals surface area (Å²) >= 11 is 0. The molecule has 0 saturated heterocycles. The first kappa shape index (κ1) is 11.2. The van der Waals surface area contributed by atoms with Gasteiger partial charge in [-0.2, -0.15) is 0 Å². The number of hydrogen-bond acceptors (Lipinski definition) is 4. The largest absolute Gasteiger partial charge is 0.508 e. The highest BCUT2D eigenvalue weighted by Crippen LogP contribution is 2.39. The van der Waals surface area contributed by atoms with Crippen LogP contribution < -0.4 is 4.74 Å². The molecule has 4 heteroatoms. The van der Waals surface area contributed by atoms with E-state index >= 15 is 0 Å². The Hall–Kier alpha value is -1.26. The van der Waals surface area contributed by atoms with Crippen LogP contribution in [0.1, 0.15) is 17.5 Å². The quantitative estimate of drug-likeness (QED) is 0.780. The Kier molecular flexibility index (Phi) is 2.78. The minimum Gasteiger partial charge on any atom is -0.508 e. The Balaban J connectivity index is 2.42. The van der Waals surface area contributed by atoms with E-state index < -0.39 is 5.97 Å². The number of fused-ring (bicyclic) bond motifs is 1. The number of rotatable bonds is 2. The second kappa shape index (κ2) is 3.96. The number of phenolic OH excluding ortho intramolecular Hbond substituents is 1. The lowest BCUT2D eigenvalue weighted by molar-refractivity contribution is -0.329. The molecule has 16 heavy (non-hydrogen) atoms. The summed E-state index contributed by atoms with van der Waals surface area (Å²) in [5, 5.41) is 9.63. The first-order chi connectivity index (χ1) is 7.62. The molecule has 1 aliphatic heterocycles. The highest BCUT2D eigenvalue weighted by Gasteiger charge is 2.37. The van der Waals surface area contributed by atoms with Gasteiger partial charge in [-0.25, -0.2) is 0 Å². The van der Waals surface area contributed by atoms with Gasteiger partial charge in [0.2, 0.25) is 0 Å². The molecule has 4 nitrogen and oxygen atoms in total. The van der Waals surface area contributed by atoms with Crippen LogP contribution in [-0.4, -0.2) is 25.3 Å². The van der Waals surface area contributed by atoms with Crippen LogP contribution in [0.2, 0.25) is 0 Å². The Bertz CT molecular complexity index is 396. The topological polar surface area (TPSA) is 47.9 Å². The summed E-state index contributed by atoms with van der Waals surface area (Å²) in [4.78, 5) is 0. The number of ether oxygens (including phenoxy) is 3. The molecule has 0 unspecified atom stereocenters. The van der Waals surface area contributed by atoms with Crippen LogP contribution in [0.5, 0.6) is 11.5 Å². The summed E-state index contributed by atoms with van der Waals surface area (Å²) in [5.41, 5.74) is 1.79. The number of hydrogen-bond donors (Lipinski definition) is 1. The number of benzene rings is 1. The van der Waals surface area contributed by atoms with Crippen molar-refractivity contribution in [3.8, 4) is 11.5 Å². The van der Waals surface area contributed by atoms with Gasteiger partial charge >= 0.3 is 5.97 Å². The first-order valence-corrected chi connectivity index (χ1v) is 5.22. The Morgan fingerprint density at radius 1 is 1.31 bits per heavy atom. The summed E-state index contributed by atoms with van der Waals surface area (Å²) in [5.74, 6) is -0.136. The van der Waals surface area contributed by atoms with Crippen LogP contribution in [0.25, 0.3) is 0 Å². The fourth-order valence-electron chi connectivity index (χ4n) is 1.94. The van der Waals surface area contributed by atoms with Crippen LogP contribution in [0.4, 0.5) is 0 Å². The van der Waals surface area contributed by atoms with E-state index in [1.165, 1.54) is 0 Å². The second-order valence-corrected chi connectivity index (χ2v) is 3.89. The molecule has 2 rings (SSSR count). The lowest BCUT2D eigenvalue weighted by Gasteiger charge is -2.36. The monoisotopic (exact) mass is 224 g/mol. The van der Waals surface area contributed by atoms with Crippen LogP contribution in [0.3, 0.4) is 0 Å². The molecule has 0 fully saturated rings. The molecule has 0 amide bonds. The molecule has 0 bridgehead atoms. The van der Waals surface area contributed by atoms with Gasteiger partial charge in [0.05, 0.1) is 0 Å². The molecule has 0 atom stereocenters. The van der Waals surface area contributed by atoms with Gasteiger partial charge in [0, 0.05) is 26.2 Å². The average Bonchev–Trinajstić information content (AvgIpc) is 2.34. The summed E-state index contributed by atoms with van der Waals surface area (Å²) < 4.78 is 16.2. The fourth-order valence-corrected chi connectivity index (χ4v) is 1.94. The van der Waals surface area contributed by atoms with Gasteiger partial charge in [-0.3, -0.25) is 0 Å². The van der Waals surface area contributed by atoms with Gasteiger partial charge in [-0.1, -0.05) is 6.07 Å². The molecular weight excluding hydrogens is 208 g/mol. The van der Waals surface area contributed by atoms with E-state index in [0.717, 1.165) is 17.5 Å². The van der Waals surface area contributed by atoms with Gasteiger partial charge in [-0.05, 0) is 25.0 Å². The lowest BCUT2D eigenvalue weighted by Crippen LogP contribution is -2.43. The molecule has 1 aromatic carbocycles. The molecule has 0 spiro atoms. The minimum absolute atomic E-state index is 0.224. The molecule has 0 radical (unpaired) electrons. The first-order valence-electron chi connectivity index (χ1n) is 5.22. The van der Waals surface area contributed by atoms with Gasteiger partial charge < -0.3 is 19.3 Å². The van der Waals surface area contributed by atoms with Crippen molar-refractivity contribution in [1.29, 1.82) is 0 Å². The fraction of sp³-hybridized carbons (Fsp3) is 0.500. The van der Waals surface area contributed by atoms with Crippen molar-refractivity contribution in [2.24, 2.45) is 0 Å². The van der Waals surface area contributed by atoms with Crippen molar-refractivity contribution < 1.29 is 19.3 Å². The summed E-state index contributed by atoms with van der Waals surface area (Å²) in [6, 6.07) is 3.55. The zero-order chi connectivity index (χ0) is 11.8. The van der Waals surface area contributed by atoms with E-state index in [4.69, 9.17) is 14.2 Å². The Morgan fingerprint density at radius 2 is 2.00 bits per heavy atom. The number of methoxy groups -OCH3 is 2. The van der Waals surface area contributed by atoms with E-state index in [2.05, 4.69) is 0 Å². The van der Waals surface area contributed by atoms with Crippen molar-refractivity contribution in [3.05, 3.63) is 23.3 Å². The Morgan fingerprint density at radius 3 is 2.62 bits per heavy atom. The molecule has 1 aromatic rings. The van der Waals surface area contributed by atoms with Crippen molar-refractivity contribution in [1.82, 2.24) is 0 Å². The molecule has 0 aliphatic carbocycles. The normalized spacial score (nSPS) is 17.7. The standard InChI is InChI=1S/C12H16O4/c1-8-10(13)5-4-9-6-7-12(14-2,15-3)16-11(8)9/h4-5,13H,6-7H2,1-3H3. The van der Waals surface area contributed by atoms with Crippen LogP contribution in [0.15, 0.2) is 12.1 Å². The lowest BCUT2D eigenvalue weighted by atomic mass is 10.0. The maximum atomic E-state index is 9.63. The maximum absolute atomic E-state index is 9.63. The molecular formula is C12H16O4. The van der Waals surface area contributed by atoms with Crippen molar-refractivity contribution in [2.45, 2.75) is 25.7 Å². The molecule has 0 saturated carbocycles. The molecule has 1 aliphatic rings. The summed E-state index contributed by atoms with van der Waals surface area (Å²) in [6.45, 7) is 1.82. The third-order valence-corrected chi connectivity index (χ3v) is 3.04. The number of phenols is 1. The summed E-state index contributed by atoms with van der Waals surface area (Å²) in [6.07, 6.45) is 1.44. The van der Waals surface area contributed by atoms with E-state index in [1.54, 1.807) is 20.3 Å². The zero-order valence-corrected chi connectivity index (χ0v) is 9.74. The maximum Gasteiger partial charge on any atom is 0.326 e. The van der Waals surface area contributed by atoms with Gasteiger partial charge in [0.15, 0.2) is 0 Å². The molecule has 1 heterocycles. The smallest absolute Gasteiger partial charge is 0.326 e.